The topological polar surface area (TPSA) is 101 Å². The largest absolute Gasteiger partial charge is 0.368 e. The molecule has 1 aromatic carbocycles. The Morgan fingerprint density at radius 1 is 1.15 bits per heavy atom. The molecule has 2 fully saturated rings. The smallest absolute Gasteiger partial charge is 0.243 e. The van der Waals surface area contributed by atoms with Crippen LogP contribution in [0.2, 0.25) is 5.02 Å². The van der Waals surface area contributed by atoms with Crippen molar-refractivity contribution in [1.29, 1.82) is 0 Å². The molecule has 1 aromatic rings. The highest BCUT2D eigenvalue weighted by atomic mass is 35.5. The number of likely N-dealkylation sites (tertiary alicyclic amines) is 1. The van der Waals surface area contributed by atoms with Gasteiger partial charge >= 0.3 is 0 Å². The Labute approximate surface area is 162 Å². The third-order valence-electron chi connectivity index (χ3n) is 5.20. The lowest BCUT2D eigenvalue weighted by Crippen LogP contribution is -2.49. The Kier molecular flexibility index (Phi) is 5.73. The van der Waals surface area contributed by atoms with Crippen LogP contribution in [0.3, 0.4) is 0 Å². The Balaban J connectivity index is 1.67. The van der Waals surface area contributed by atoms with E-state index >= 15 is 0 Å². The number of carbonyl (C=O) groups excluding carboxylic acids is 2. The highest BCUT2D eigenvalue weighted by Crippen LogP contribution is 2.29. The minimum Gasteiger partial charge on any atom is -0.368 e. The molecule has 2 N–H and O–H groups in total. The number of nitrogens with two attached hydrogens (primary N) is 1. The third kappa shape index (κ3) is 3.95. The molecule has 10 heteroatoms. The maximum absolute atomic E-state index is 13.3. The van der Waals surface area contributed by atoms with Gasteiger partial charge in [-0.25, -0.2) is 12.8 Å². The number of sulfonamides is 1. The summed E-state index contributed by atoms with van der Waals surface area (Å²) >= 11 is 5.69. The van der Waals surface area contributed by atoms with Gasteiger partial charge in [-0.05, 0) is 43.9 Å². The van der Waals surface area contributed by atoms with Crippen molar-refractivity contribution in [3.05, 3.63) is 29.0 Å². The number of hydrogen-bond acceptors (Lipinski definition) is 4. The molecule has 0 spiro atoms. The molecule has 2 amide bonds. The van der Waals surface area contributed by atoms with Crippen LogP contribution in [0.1, 0.15) is 25.7 Å². The van der Waals surface area contributed by atoms with Crippen molar-refractivity contribution in [2.45, 2.75) is 36.6 Å². The fraction of sp³-hybridized carbons (Fsp3) is 0.529. The number of amides is 2. The predicted molar refractivity (Wildman–Crippen MR) is 96.8 cm³/mol. The molecule has 0 unspecified atom stereocenters. The molecule has 3 rings (SSSR count). The van der Waals surface area contributed by atoms with Gasteiger partial charge in [0, 0.05) is 25.6 Å². The minimum absolute atomic E-state index is 0.0768. The summed E-state index contributed by atoms with van der Waals surface area (Å²) in [6.07, 6.45) is 2.02. The van der Waals surface area contributed by atoms with Crippen LogP contribution in [-0.2, 0) is 19.6 Å². The second-order valence-electron chi connectivity index (χ2n) is 6.85. The van der Waals surface area contributed by atoms with Gasteiger partial charge in [0.05, 0.1) is 9.92 Å². The van der Waals surface area contributed by atoms with Crippen LogP contribution in [0.4, 0.5) is 4.39 Å². The zero-order valence-corrected chi connectivity index (χ0v) is 16.2. The number of halogens is 2. The number of primary amides is 1. The van der Waals surface area contributed by atoms with Crippen molar-refractivity contribution in [2.75, 3.05) is 19.6 Å². The van der Waals surface area contributed by atoms with Crippen molar-refractivity contribution in [3.8, 4) is 0 Å². The van der Waals surface area contributed by atoms with Crippen LogP contribution >= 0.6 is 11.6 Å². The lowest BCUT2D eigenvalue weighted by molar-refractivity contribution is -0.141. The van der Waals surface area contributed by atoms with Crippen LogP contribution in [0.25, 0.3) is 0 Å². The van der Waals surface area contributed by atoms with Gasteiger partial charge in [0.1, 0.15) is 11.9 Å². The van der Waals surface area contributed by atoms with E-state index in [1.54, 1.807) is 0 Å². The van der Waals surface area contributed by atoms with Gasteiger partial charge in [0.2, 0.25) is 21.8 Å². The Hall–Kier alpha value is -1.71. The monoisotopic (exact) mass is 417 g/mol. The first kappa shape index (κ1) is 20.0. The Morgan fingerprint density at radius 3 is 2.41 bits per heavy atom. The fourth-order valence-corrected chi connectivity index (χ4v) is 5.43. The third-order valence-corrected chi connectivity index (χ3v) is 7.38. The molecule has 0 aliphatic carbocycles. The first-order valence-corrected chi connectivity index (χ1v) is 10.6. The number of piperidine rings is 1. The summed E-state index contributed by atoms with van der Waals surface area (Å²) in [5.41, 5.74) is 5.36. The van der Waals surface area contributed by atoms with Gasteiger partial charge in [-0.15, -0.1) is 0 Å². The van der Waals surface area contributed by atoms with Crippen LogP contribution in [-0.4, -0.2) is 55.1 Å². The standard InChI is InChI=1S/C17H21ClFN3O4S/c18-13-10-12(3-4-14(13)19)27(25,26)21-8-5-11(6-9-21)17(24)22-7-1-2-15(22)16(20)23/h3-4,10-11,15H,1-2,5-9H2,(H2,20,23)/t15-/m1/s1. The summed E-state index contributed by atoms with van der Waals surface area (Å²) in [7, 11) is -3.81. The average molecular weight is 418 g/mol. The van der Waals surface area contributed by atoms with Gasteiger partial charge in [-0.1, -0.05) is 11.6 Å². The molecule has 2 saturated heterocycles. The molecule has 7 nitrogen and oxygen atoms in total. The SMILES string of the molecule is NC(=O)[C@H]1CCCN1C(=O)C1CCN(S(=O)(=O)c2ccc(F)c(Cl)c2)CC1. The average Bonchev–Trinajstić information content (AvgIpc) is 3.13. The number of rotatable bonds is 4. The molecule has 2 aliphatic rings. The van der Waals surface area contributed by atoms with Crippen molar-refractivity contribution >= 4 is 33.4 Å². The van der Waals surface area contributed by atoms with Crippen molar-refractivity contribution in [2.24, 2.45) is 11.7 Å². The summed E-state index contributed by atoms with van der Waals surface area (Å²) < 4.78 is 40.0. The molecule has 0 radical (unpaired) electrons. The van der Waals surface area contributed by atoms with E-state index in [0.717, 1.165) is 18.6 Å². The van der Waals surface area contributed by atoms with E-state index in [9.17, 15) is 22.4 Å². The van der Waals surface area contributed by atoms with Gasteiger partial charge in [-0.3, -0.25) is 9.59 Å². The van der Waals surface area contributed by atoms with E-state index < -0.39 is 27.8 Å². The summed E-state index contributed by atoms with van der Waals surface area (Å²) in [6, 6.07) is 2.71. The zero-order chi connectivity index (χ0) is 19.8. The van der Waals surface area contributed by atoms with Crippen molar-refractivity contribution in [3.63, 3.8) is 0 Å². The summed E-state index contributed by atoms with van der Waals surface area (Å²) in [6.45, 7) is 0.838. The Morgan fingerprint density at radius 2 is 1.81 bits per heavy atom. The summed E-state index contributed by atoms with van der Waals surface area (Å²) in [5, 5.41) is -0.257. The normalized spacial score (nSPS) is 22.1. The van der Waals surface area contributed by atoms with Crippen molar-refractivity contribution in [1.82, 2.24) is 9.21 Å². The molecular weight excluding hydrogens is 397 g/mol. The molecule has 2 heterocycles. The molecule has 0 aromatic heterocycles. The predicted octanol–water partition coefficient (Wildman–Crippen LogP) is 1.36. The molecule has 1 atom stereocenters. The molecule has 2 aliphatic heterocycles. The van der Waals surface area contributed by atoms with Gasteiger partial charge in [0.25, 0.3) is 0 Å². The second kappa shape index (κ2) is 7.73. The molecule has 0 saturated carbocycles. The van der Waals surface area contributed by atoms with E-state index in [2.05, 4.69) is 0 Å². The van der Waals surface area contributed by atoms with Crippen LogP contribution in [0.5, 0.6) is 0 Å². The number of carbonyl (C=O) groups is 2. The van der Waals surface area contributed by atoms with E-state index in [1.165, 1.54) is 15.3 Å². The van der Waals surface area contributed by atoms with E-state index in [0.29, 0.717) is 25.8 Å². The Bertz CT molecular complexity index is 856. The molecule has 0 bridgehead atoms. The van der Waals surface area contributed by atoms with E-state index in [1.807, 2.05) is 0 Å². The van der Waals surface area contributed by atoms with Gasteiger partial charge < -0.3 is 10.6 Å². The summed E-state index contributed by atoms with van der Waals surface area (Å²) in [5.74, 6) is -1.67. The number of benzene rings is 1. The van der Waals surface area contributed by atoms with Crippen LogP contribution in [0, 0.1) is 11.7 Å². The van der Waals surface area contributed by atoms with Crippen LogP contribution < -0.4 is 5.73 Å². The fourth-order valence-electron chi connectivity index (χ4n) is 3.69. The quantitative estimate of drug-likeness (QED) is 0.799. The van der Waals surface area contributed by atoms with Crippen LogP contribution in [0.15, 0.2) is 23.1 Å². The lowest BCUT2D eigenvalue weighted by atomic mass is 9.96. The van der Waals surface area contributed by atoms with Gasteiger partial charge in [-0.2, -0.15) is 4.31 Å². The number of nitrogens with zero attached hydrogens (tertiary/aromatic N) is 2. The molecular formula is C17H21ClFN3O4S. The molecule has 27 heavy (non-hydrogen) atoms. The van der Waals surface area contributed by atoms with E-state index in [-0.39, 0.29) is 34.8 Å². The highest BCUT2D eigenvalue weighted by molar-refractivity contribution is 7.89. The minimum atomic E-state index is -3.81. The van der Waals surface area contributed by atoms with Gasteiger partial charge in [0.15, 0.2) is 0 Å². The first-order valence-electron chi connectivity index (χ1n) is 8.77. The molecule has 148 valence electrons. The summed E-state index contributed by atoms with van der Waals surface area (Å²) in [4.78, 5) is 25.7. The number of hydrogen-bond donors (Lipinski definition) is 1. The zero-order valence-electron chi connectivity index (χ0n) is 14.6. The first-order chi connectivity index (χ1) is 12.7. The van der Waals surface area contributed by atoms with Crippen molar-refractivity contribution < 1.29 is 22.4 Å². The maximum atomic E-state index is 13.3. The highest BCUT2D eigenvalue weighted by Gasteiger charge is 2.38. The maximum Gasteiger partial charge on any atom is 0.243 e. The van der Waals surface area contributed by atoms with E-state index in [4.69, 9.17) is 17.3 Å². The second-order valence-corrected chi connectivity index (χ2v) is 9.19. The lowest BCUT2D eigenvalue weighted by Gasteiger charge is -2.33.